The molecule has 1 N–H and O–H groups in total. The van der Waals surface area contributed by atoms with E-state index >= 15 is 0 Å². The summed E-state index contributed by atoms with van der Waals surface area (Å²) >= 11 is 5.84. The lowest BCUT2D eigenvalue weighted by Crippen LogP contribution is -2.45. The van der Waals surface area contributed by atoms with Gasteiger partial charge in [0.1, 0.15) is 5.75 Å². The van der Waals surface area contributed by atoms with Gasteiger partial charge >= 0.3 is 0 Å². The van der Waals surface area contributed by atoms with Gasteiger partial charge in [-0.1, -0.05) is 18.5 Å². The van der Waals surface area contributed by atoms with Crippen LogP contribution in [0.15, 0.2) is 53.4 Å². The highest BCUT2D eigenvalue weighted by Crippen LogP contribution is 2.25. The van der Waals surface area contributed by atoms with Crippen molar-refractivity contribution in [2.75, 3.05) is 37.6 Å². The minimum Gasteiger partial charge on any atom is -0.484 e. The van der Waals surface area contributed by atoms with E-state index in [-0.39, 0.29) is 23.5 Å². The fourth-order valence-corrected chi connectivity index (χ4v) is 4.79. The summed E-state index contributed by atoms with van der Waals surface area (Å²) in [6.45, 7) is 5.09. The Hall–Kier alpha value is -2.29. The third-order valence-electron chi connectivity index (χ3n) is 5.44. The largest absolute Gasteiger partial charge is 0.484 e. The first-order valence-corrected chi connectivity index (χ1v) is 12.1. The van der Waals surface area contributed by atoms with E-state index in [2.05, 4.69) is 17.1 Å². The molecule has 0 radical (unpaired) electrons. The van der Waals surface area contributed by atoms with Crippen molar-refractivity contribution in [1.82, 2.24) is 10.2 Å². The Balaban J connectivity index is 1.53. The summed E-state index contributed by atoms with van der Waals surface area (Å²) in [5.74, 6) is 0.346. The van der Waals surface area contributed by atoms with Crippen molar-refractivity contribution in [3.05, 3.63) is 53.6 Å². The second kappa shape index (κ2) is 10.3. The molecule has 1 aliphatic rings. The molecule has 7 nitrogen and oxygen atoms in total. The van der Waals surface area contributed by atoms with E-state index in [4.69, 9.17) is 16.3 Å². The molecule has 168 valence electrons. The monoisotopic (exact) mass is 465 g/mol. The number of piperidine rings is 1. The summed E-state index contributed by atoms with van der Waals surface area (Å²) in [5, 5.41) is 3.49. The van der Waals surface area contributed by atoms with Crippen molar-refractivity contribution in [3.63, 3.8) is 0 Å². The van der Waals surface area contributed by atoms with Crippen LogP contribution in [0, 0.1) is 0 Å². The maximum Gasteiger partial charge on any atom is 0.264 e. The van der Waals surface area contributed by atoms with Crippen LogP contribution in [0.3, 0.4) is 0 Å². The highest BCUT2D eigenvalue weighted by molar-refractivity contribution is 7.92. The van der Waals surface area contributed by atoms with Crippen molar-refractivity contribution in [2.45, 2.75) is 30.7 Å². The Bertz CT molecular complexity index is 973. The molecule has 0 unspecified atom stereocenters. The summed E-state index contributed by atoms with van der Waals surface area (Å²) in [7, 11) is -2.22. The van der Waals surface area contributed by atoms with Gasteiger partial charge < -0.3 is 15.0 Å². The van der Waals surface area contributed by atoms with E-state index in [0.29, 0.717) is 16.5 Å². The lowest BCUT2D eigenvalue weighted by Gasteiger charge is -2.31. The van der Waals surface area contributed by atoms with Crippen LogP contribution >= 0.6 is 11.6 Å². The average Bonchev–Trinajstić information content (AvgIpc) is 2.78. The van der Waals surface area contributed by atoms with Gasteiger partial charge in [-0.15, -0.1) is 0 Å². The minimum absolute atomic E-state index is 0.0771. The summed E-state index contributed by atoms with van der Waals surface area (Å²) in [4.78, 5) is 14.7. The molecule has 0 aromatic heterocycles. The first kappa shape index (κ1) is 23.4. The van der Waals surface area contributed by atoms with E-state index < -0.39 is 10.0 Å². The maximum absolute atomic E-state index is 12.8. The van der Waals surface area contributed by atoms with Gasteiger partial charge in [-0.3, -0.25) is 9.10 Å². The number of amides is 1. The number of anilines is 1. The summed E-state index contributed by atoms with van der Waals surface area (Å²) < 4.78 is 32.3. The van der Waals surface area contributed by atoms with Crippen LogP contribution in [0.4, 0.5) is 5.69 Å². The molecule has 1 heterocycles. The number of hydrogen-bond donors (Lipinski definition) is 1. The Morgan fingerprint density at radius 3 is 2.32 bits per heavy atom. The normalized spacial score (nSPS) is 15.5. The molecule has 0 saturated carbocycles. The van der Waals surface area contributed by atoms with Gasteiger partial charge in [0.25, 0.3) is 15.9 Å². The van der Waals surface area contributed by atoms with E-state index in [1.165, 1.54) is 35.6 Å². The number of hydrogen-bond acceptors (Lipinski definition) is 5. The number of sulfonamides is 1. The molecule has 3 rings (SSSR count). The second-order valence-corrected chi connectivity index (χ2v) is 9.89. The Morgan fingerprint density at radius 1 is 1.13 bits per heavy atom. The molecule has 1 amide bonds. The Labute approximate surface area is 189 Å². The number of ether oxygens (including phenoxy) is 1. The van der Waals surface area contributed by atoms with Crippen molar-refractivity contribution in [3.8, 4) is 5.75 Å². The first-order valence-electron chi connectivity index (χ1n) is 10.3. The van der Waals surface area contributed by atoms with Gasteiger partial charge in [0, 0.05) is 31.2 Å². The zero-order valence-electron chi connectivity index (χ0n) is 17.8. The molecule has 2 aromatic carbocycles. The number of nitrogens with zero attached hydrogens (tertiary/aromatic N) is 2. The summed E-state index contributed by atoms with van der Waals surface area (Å²) in [6.07, 6.45) is 1.89. The molecule has 0 spiro atoms. The number of carbonyl (C=O) groups is 1. The molecule has 1 fully saturated rings. The second-order valence-electron chi connectivity index (χ2n) is 7.49. The van der Waals surface area contributed by atoms with Crippen molar-refractivity contribution >= 4 is 33.2 Å². The van der Waals surface area contributed by atoms with Crippen LogP contribution in [0.5, 0.6) is 5.75 Å². The number of halogens is 1. The summed E-state index contributed by atoms with van der Waals surface area (Å²) in [6, 6.07) is 12.8. The zero-order valence-corrected chi connectivity index (χ0v) is 19.3. The minimum atomic E-state index is -3.70. The third kappa shape index (κ3) is 6.12. The fourth-order valence-electron chi connectivity index (χ4n) is 3.47. The van der Waals surface area contributed by atoms with Gasteiger partial charge in [0.15, 0.2) is 6.61 Å². The van der Waals surface area contributed by atoms with Crippen molar-refractivity contribution < 1.29 is 17.9 Å². The first-order chi connectivity index (χ1) is 14.8. The lowest BCUT2D eigenvalue weighted by molar-refractivity contribution is -0.124. The molecular weight excluding hydrogens is 438 g/mol. The molecular formula is C22H28ClN3O4S. The maximum atomic E-state index is 12.8. The van der Waals surface area contributed by atoms with Crippen molar-refractivity contribution in [2.24, 2.45) is 0 Å². The van der Waals surface area contributed by atoms with E-state index in [0.717, 1.165) is 32.5 Å². The van der Waals surface area contributed by atoms with Crippen LogP contribution in [-0.4, -0.2) is 58.6 Å². The van der Waals surface area contributed by atoms with Gasteiger partial charge in [-0.2, -0.15) is 0 Å². The summed E-state index contributed by atoms with van der Waals surface area (Å²) in [5.41, 5.74) is 0.481. The van der Waals surface area contributed by atoms with Gasteiger partial charge in [0.2, 0.25) is 0 Å². The topological polar surface area (TPSA) is 79.0 Å². The molecule has 0 aliphatic carbocycles. The molecule has 31 heavy (non-hydrogen) atoms. The average molecular weight is 466 g/mol. The highest BCUT2D eigenvalue weighted by Gasteiger charge is 2.22. The standard InChI is InChI=1S/C22H28ClN3O4S/c1-3-26-14-12-18(13-15-26)24-22(27)16-30-20-8-6-19(7-9-20)25(2)31(28,29)21-10-4-17(23)5-11-21/h4-11,18H,3,12-16H2,1-2H3,(H,24,27). The third-order valence-corrected chi connectivity index (χ3v) is 7.49. The molecule has 0 bridgehead atoms. The van der Waals surface area contributed by atoms with Crippen LogP contribution < -0.4 is 14.4 Å². The quantitative estimate of drug-likeness (QED) is 0.648. The van der Waals surface area contributed by atoms with Crippen LogP contribution in [-0.2, 0) is 14.8 Å². The number of likely N-dealkylation sites (tertiary alicyclic amines) is 1. The fraction of sp³-hybridized carbons (Fsp3) is 0.409. The molecule has 1 saturated heterocycles. The smallest absolute Gasteiger partial charge is 0.264 e. The van der Waals surface area contributed by atoms with E-state index in [1.807, 2.05) is 0 Å². The van der Waals surface area contributed by atoms with E-state index in [1.54, 1.807) is 24.3 Å². The highest BCUT2D eigenvalue weighted by atomic mass is 35.5. The molecule has 1 aliphatic heterocycles. The molecule has 2 aromatic rings. The molecule has 9 heteroatoms. The Kier molecular flexibility index (Phi) is 7.80. The van der Waals surface area contributed by atoms with Crippen LogP contribution in [0.25, 0.3) is 0 Å². The molecule has 0 atom stereocenters. The van der Waals surface area contributed by atoms with Gasteiger partial charge in [-0.05, 0) is 67.9 Å². The zero-order chi connectivity index (χ0) is 22.4. The van der Waals surface area contributed by atoms with Crippen LogP contribution in [0.1, 0.15) is 19.8 Å². The predicted octanol–water partition coefficient (Wildman–Crippen LogP) is 3.14. The lowest BCUT2D eigenvalue weighted by atomic mass is 10.1. The SMILES string of the molecule is CCN1CCC(NC(=O)COc2ccc(N(C)S(=O)(=O)c3ccc(Cl)cc3)cc2)CC1. The predicted molar refractivity (Wildman–Crippen MR) is 122 cm³/mol. The Morgan fingerprint density at radius 2 is 1.74 bits per heavy atom. The number of nitrogens with one attached hydrogen (secondary N) is 1. The number of rotatable bonds is 8. The van der Waals surface area contributed by atoms with Crippen LogP contribution in [0.2, 0.25) is 5.02 Å². The van der Waals surface area contributed by atoms with Gasteiger partial charge in [-0.25, -0.2) is 8.42 Å². The van der Waals surface area contributed by atoms with Crippen molar-refractivity contribution in [1.29, 1.82) is 0 Å². The number of carbonyl (C=O) groups excluding carboxylic acids is 1. The number of benzene rings is 2. The van der Waals surface area contributed by atoms with E-state index in [9.17, 15) is 13.2 Å². The van der Waals surface area contributed by atoms with Gasteiger partial charge in [0.05, 0.1) is 10.6 Å².